The molecule has 21 heavy (non-hydrogen) atoms. The average molecular weight is 289 g/mol. The van der Waals surface area contributed by atoms with Crippen LogP contribution in [0.1, 0.15) is 22.3 Å². The van der Waals surface area contributed by atoms with Crippen LogP contribution in [0.2, 0.25) is 0 Å². The van der Waals surface area contributed by atoms with Gasteiger partial charge in [-0.3, -0.25) is 14.6 Å². The van der Waals surface area contributed by atoms with Gasteiger partial charge in [0, 0.05) is 40.0 Å². The Hall–Kier alpha value is -2.39. The van der Waals surface area contributed by atoms with E-state index in [4.69, 9.17) is 5.11 Å². The summed E-state index contributed by atoms with van der Waals surface area (Å²) in [4.78, 5) is 30.7. The number of rotatable bonds is 4. The Balaban J connectivity index is 2.92. The summed E-state index contributed by atoms with van der Waals surface area (Å²) in [6.07, 6.45) is 3.34. The molecule has 112 valence electrons. The number of hydrogen-bond acceptors (Lipinski definition) is 4. The highest BCUT2D eigenvalue weighted by molar-refractivity contribution is 5.98. The summed E-state index contributed by atoms with van der Waals surface area (Å²) in [6.45, 7) is -0.0363. The molecule has 1 N–H and O–H groups in total. The summed E-state index contributed by atoms with van der Waals surface area (Å²) in [6, 6.07) is 1.57. The van der Waals surface area contributed by atoms with Gasteiger partial charge in [-0.05, 0) is 6.07 Å². The fourth-order valence-corrected chi connectivity index (χ4v) is 1.52. The minimum Gasteiger partial charge on any atom is -0.395 e. The van der Waals surface area contributed by atoms with Crippen LogP contribution in [-0.4, -0.2) is 66.0 Å². The van der Waals surface area contributed by atoms with Crippen molar-refractivity contribution in [1.82, 2.24) is 14.8 Å². The first-order chi connectivity index (χ1) is 9.97. The number of aliphatic hydroxyl groups excluding tert-OH is 1. The van der Waals surface area contributed by atoms with Gasteiger partial charge in [-0.25, -0.2) is 0 Å². The second-order valence-electron chi connectivity index (χ2n) is 4.65. The molecule has 0 aliphatic carbocycles. The van der Waals surface area contributed by atoms with E-state index in [2.05, 4.69) is 16.8 Å². The van der Waals surface area contributed by atoms with E-state index >= 15 is 0 Å². The Morgan fingerprint density at radius 1 is 1.33 bits per heavy atom. The van der Waals surface area contributed by atoms with Crippen LogP contribution in [0.3, 0.4) is 0 Å². The molecular weight excluding hydrogens is 270 g/mol. The third kappa shape index (κ3) is 4.89. The molecule has 0 saturated carbocycles. The van der Waals surface area contributed by atoms with Gasteiger partial charge in [-0.1, -0.05) is 11.8 Å². The topological polar surface area (TPSA) is 73.7 Å². The largest absolute Gasteiger partial charge is 0.395 e. The van der Waals surface area contributed by atoms with Crippen LogP contribution in [0.5, 0.6) is 0 Å². The maximum absolute atomic E-state index is 12.4. The van der Waals surface area contributed by atoms with Gasteiger partial charge in [0.15, 0.2) is 0 Å². The molecular formula is C15H19N3O3. The molecule has 0 aromatic carbocycles. The zero-order valence-corrected chi connectivity index (χ0v) is 12.5. The molecule has 2 amide bonds. The predicted molar refractivity (Wildman–Crippen MR) is 78.5 cm³/mol. The molecule has 0 spiro atoms. The molecule has 0 unspecified atom stereocenters. The first-order valence-electron chi connectivity index (χ1n) is 6.46. The molecule has 0 atom stereocenters. The Kier molecular flexibility index (Phi) is 6.37. The van der Waals surface area contributed by atoms with Gasteiger partial charge in [-0.2, -0.15) is 0 Å². The van der Waals surface area contributed by atoms with Crippen LogP contribution in [-0.2, 0) is 4.79 Å². The number of nitrogens with zero attached hydrogens (tertiary/aromatic N) is 3. The Bertz CT molecular complexity index is 573. The summed E-state index contributed by atoms with van der Waals surface area (Å²) in [5.41, 5.74) is 0.879. The quantitative estimate of drug-likeness (QED) is 0.790. The summed E-state index contributed by atoms with van der Waals surface area (Å²) >= 11 is 0. The molecule has 1 aromatic rings. The first-order valence-corrected chi connectivity index (χ1v) is 6.46. The van der Waals surface area contributed by atoms with Gasteiger partial charge in [0.05, 0.1) is 24.3 Å². The van der Waals surface area contributed by atoms with Gasteiger partial charge in [0.2, 0.25) is 5.91 Å². The number of hydrogen-bond donors (Lipinski definition) is 1. The number of aromatic nitrogens is 1. The van der Waals surface area contributed by atoms with Gasteiger partial charge in [0.25, 0.3) is 5.91 Å². The van der Waals surface area contributed by atoms with E-state index in [9.17, 15) is 9.59 Å². The summed E-state index contributed by atoms with van der Waals surface area (Å²) < 4.78 is 0. The van der Waals surface area contributed by atoms with E-state index < -0.39 is 0 Å². The molecule has 0 aliphatic rings. The number of likely N-dealkylation sites (N-methyl/N-ethyl adjacent to an activating group) is 2. The summed E-state index contributed by atoms with van der Waals surface area (Å²) in [5, 5.41) is 8.73. The standard InChI is InChI=1S/C15H19N3O3/c1-17(2)14(20)11-18(3)15(21)13-7-8-16-10-12(13)6-4-5-9-19/h7-8,10,19H,5,9,11H2,1-3H3. The molecule has 1 rings (SSSR count). The van der Waals surface area contributed by atoms with Crippen LogP contribution in [0.15, 0.2) is 18.5 Å². The van der Waals surface area contributed by atoms with Crippen molar-refractivity contribution in [2.75, 3.05) is 34.3 Å². The fourth-order valence-electron chi connectivity index (χ4n) is 1.52. The number of aliphatic hydroxyl groups is 1. The highest BCUT2D eigenvalue weighted by atomic mass is 16.2. The van der Waals surface area contributed by atoms with Crippen molar-refractivity contribution in [3.63, 3.8) is 0 Å². The lowest BCUT2D eigenvalue weighted by Gasteiger charge is -2.19. The maximum atomic E-state index is 12.4. The Morgan fingerprint density at radius 3 is 2.67 bits per heavy atom. The highest BCUT2D eigenvalue weighted by Crippen LogP contribution is 2.09. The Labute approximate surface area is 124 Å². The van der Waals surface area contributed by atoms with Crippen molar-refractivity contribution in [2.45, 2.75) is 6.42 Å². The fraction of sp³-hybridized carbons (Fsp3) is 0.400. The van der Waals surface area contributed by atoms with E-state index in [-0.39, 0.29) is 25.0 Å². The van der Waals surface area contributed by atoms with Crippen molar-refractivity contribution in [3.8, 4) is 11.8 Å². The zero-order valence-electron chi connectivity index (χ0n) is 12.5. The molecule has 1 aromatic heterocycles. The predicted octanol–water partition coefficient (Wildman–Crippen LogP) is -0.0243. The SMILES string of the molecule is CN(C)C(=O)CN(C)C(=O)c1ccncc1C#CCCO. The average Bonchev–Trinajstić information content (AvgIpc) is 2.47. The van der Waals surface area contributed by atoms with E-state index in [1.54, 1.807) is 27.2 Å². The van der Waals surface area contributed by atoms with E-state index in [1.807, 2.05) is 0 Å². The van der Waals surface area contributed by atoms with Crippen LogP contribution in [0, 0.1) is 11.8 Å². The van der Waals surface area contributed by atoms with Gasteiger partial charge < -0.3 is 14.9 Å². The van der Waals surface area contributed by atoms with Crippen molar-refractivity contribution in [1.29, 1.82) is 0 Å². The smallest absolute Gasteiger partial charge is 0.255 e. The molecule has 0 aliphatic heterocycles. The summed E-state index contributed by atoms with van der Waals surface area (Å²) in [5.74, 6) is 5.12. The lowest BCUT2D eigenvalue weighted by Crippen LogP contribution is -2.38. The van der Waals surface area contributed by atoms with Crippen LogP contribution < -0.4 is 0 Å². The molecule has 0 bridgehead atoms. The van der Waals surface area contributed by atoms with E-state index in [0.29, 0.717) is 17.5 Å². The van der Waals surface area contributed by atoms with E-state index in [1.165, 1.54) is 22.2 Å². The minimum atomic E-state index is -0.291. The second kappa shape index (κ2) is 8.02. The number of pyridine rings is 1. The van der Waals surface area contributed by atoms with E-state index in [0.717, 1.165) is 0 Å². The molecule has 0 saturated heterocycles. The van der Waals surface area contributed by atoms with Crippen molar-refractivity contribution < 1.29 is 14.7 Å². The third-order valence-electron chi connectivity index (χ3n) is 2.73. The summed E-state index contributed by atoms with van der Waals surface area (Å²) in [7, 11) is 4.84. The lowest BCUT2D eigenvalue weighted by atomic mass is 10.1. The Morgan fingerprint density at radius 2 is 2.05 bits per heavy atom. The second-order valence-corrected chi connectivity index (χ2v) is 4.65. The van der Waals surface area contributed by atoms with Crippen LogP contribution >= 0.6 is 0 Å². The zero-order chi connectivity index (χ0) is 15.8. The molecule has 0 radical (unpaired) electrons. The van der Waals surface area contributed by atoms with Crippen molar-refractivity contribution in [3.05, 3.63) is 29.6 Å². The first kappa shape index (κ1) is 16.7. The number of carbonyl (C=O) groups excluding carboxylic acids is 2. The number of carbonyl (C=O) groups is 2. The third-order valence-corrected chi connectivity index (χ3v) is 2.73. The van der Waals surface area contributed by atoms with Gasteiger partial charge in [-0.15, -0.1) is 0 Å². The van der Waals surface area contributed by atoms with Crippen LogP contribution in [0.4, 0.5) is 0 Å². The van der Waals surface area contributed by atoms with Crippen LogP contribution in [0.25, 0.3) is 0 Å². The van der Waals surface area contributed by atoms with Crippen molar-refractivity contribution >= 4 is 11.8 Å². The molecule has 0 fully saturated rings. The monoisotopic (exact) mass is 289 g/mol. The maximum Gasteiger partial charge on any atom is 0.255 e. The molecule has 6 heteroatoms. The highest BCUT2D eigenvalue weighted by Gasteiger charge is 2.18. The van der Waals surface area contributed by atoms with Crippen molar-refractivity contribution in [2.24, 2.45) is 0 Å². The molecule has 6 nitrogen and oxygen atoms in total. The number of amides is 2. The van der Waals surface area contributed by atoms with Gasteiger partial charge in [0.1, 0.15) is 0 Å². The molecule has 1 heterocycles. The lowest BCUT2D eigenvalue weighted by molar-refractivity contribution is -0.129. The van der Waals surface area contributed by atoms with Gasteiger partial charge >= 0.3 is 0 Å². The normalized spacial score (nSPS) is 9.52. The minimum absolute atomic E-state index is 0.00232.